The molecule has 0 spiro atoms. The molecule has 2 fully saturated rings. The summed E-state index contributed by atoms with van der Waals surface area (Å²) in [4.78, 5) is 19.2. The molecular formula is C14H26AlN3O3. The number of hydrogen-bond donors (Lipinski definition) is 0. The van der Waals surface area contributed by atoms with Gasteiger partial charge in [-0.3, -0.25) is 0 Å². The van der Waals surface area contributed by atoms with Crippen LogP contribution in [-0.4, -0.2) is 75.5 Å². The number of oxime groups is 1. The van der Waals surface area contributed by atoms with Crippen molar-refractivity contribution in [3.8, 4) is 0 Å². The van der Waals surface area contributed by atoms with Crippen LogP contribution in [-0.2, 0) is 9.57 Å². The smallest absolute Gasteiger partial charge is 0.410 e. The fraction of sp³-hybridized carbons (Fsp3) is 0.857. The monoisotopic (exact) mass is 311 g/mol. The van der Waals surface area contributed by atoms with Crippen molar-refractivity contribution in [2.45, 2.75) is 51.7 Å². The lowest BCUT2D eigenvalue weighted by molar-refractivity contribution is 0.00399. The molecule has 118 valence electrons. The molecule has 2 heterocycles. The molecule has 2 saturated heterocycles. The third-order valence-electron chi connectivity index (χ3n) is 3.93. The molecule has 0 atom stereocenters. The summed E-state index contributed by atoms with van der Waals surface area (Å²) in [6, 6.07) is 0. The molecule has 21 heavy (non-hydrogen) atoms. The molecule has 0 unspecified atom stereocenters. The van der Waals surface area contributed by atoms with Crippen LogP contribution in [0.2, 0.25) is 0 Å². The summed E-state index contributed by atoms with van der Waals surface area (Å²) in [5.74, 6) is 0. The topological polar surface area (TPSA) is 54.4 Å². The first-order chi connectivity index (χ1) is 10.0. The molecular weight excluding hydrogens is 285 g/mol. The van der Waals surface area contributed by atoms with Gasteiger partial charge in [0.05, 0.1) is 11.8 Å². The molecule has 0 saturated carbocycles. The SMILES string of the molecule is CC(C)OC(=O)N1CCC(ON=C2CC[N]([AlH2])CC2)CC1. The van der Waals surface area contributed by atoms with E-state index in [0.29, 0.717) is 13.1 Å². The van der Waals surface area contributed by atoms with E-state index in [4.69, 9.17) is 9.57 Å². The van der Waals surface area contributed by atoms with E-state index >= 15 is 0 Å². The minimum absolute atomic E-state index is 0.0645. The van der Waals surface area contributed by atoms with Crippen LogP contribution in [0.15, 0.2) is 5.16 Å². The average molecular weight is 311 g/mol. The molecule has 2 rings (SSSR count). The summed E-state index contributed by atoms with van der Waals surface area (Å²) < 4.78 is 7.65. The quantitative estimate of drug-likeness (QED) is 0.577. The molecule has 0 aromatic rings. The Kier molecular flexibility index (Phi) is 6.34. The molecule has 1 amide bonds. The number of piperidine rings is 2. The van der Waals surface area contributed by atoms with E-state index in [2.05, 4.69) is 9.04 Å². The van der Waals surface area contributed by atoms with Crippen molar-refractivity contribution in [3.05, 3.63) is 0 Å². The maximum Gasteiger partial charge on any atom is 0.410 e. The highest BCUT2D eigenvalue weighted by atomic mass is 27.1. The van der Waals surface area contributed by atoms with Gasteiger partial charge in [0.25, 0.3) is 0 Å². The standard InChI is InChI=1S/C14H24N3O3.Al.2H/c1-11(2)19-14(18)17-9-5-13(6-10-17)20-16-12-3-7-15-8-4-12;;;/h11,13H,3-10H2,1-2H3;;;/q-1;+1;;. The van der Waals surface area contributed by atoms with Crippen molar-refractivity contribution >= 4 is 28.3 Å². The van der Waals surface area contributed by atoms with Gasteiger partial charge in [0, 0.05) is 25.9 Å². The van der Waals surface area contributed by atoms with Crippen LogP contribution in [0.5, 0.6) is 0 Å². The first kappa shape index (κ1) is 16.6. The molecule has 0 aliphatic carbocycles. The molecule has 2 aliphatic rings. The zero-order valence-electron chi connectivity index (χ0n) is 13.4. The van der Waals surface area contributed by atoms with Crippen molar-refractivity contribution in [2.24, 2.45) is 5.16 Å². The Balaban J connectivity index is 1.69. The van der Waals surface area contributed by atoms with Crippen LogP contribution in [0, 0.1) is 0 Å². The second kappa shape index (κ2) is 8.02. The van der Waals surface area contributed by atoms with E-state index in [0.717, 1.165) is 55.3 Å². The fourth-order valence-corrected chi connectivity index (χ4v) is 2.98. The number of amides is 1. The molecule has 0 aromatic heterocycles. The molecule has 0 aromatic carbocycles. The molecule has 0 radical (unpaired) electrons. The van der Waals surface area contributed by atoms with Crippen LogP contribution < -0.4 is 0 Å². The molecule has 0 N–H and O–H groups in total. The van der Waals surface area contributed by atoms with Gasteiger partial charge in [0.15, 0.2) is 0 Å². The number of ether oxygens (including phenoxy) is 1. The minimum Gasteiger partial charge on any atom is -0.447 e. The predicted molar refractivity (Wildman–Crippen MR) is 84.1 cm³/mol. The van der Waals surface area contributed by atoms with E-state index in [1.807, 2.05) is 13.8 Å². The van der Waals surface area contributed by atoms with E-state index in [9.17, 15) is 4.79 Å². The van der Waals surface area contributed by atoms with Crippen molar-refractivity contribution in [3.63, 3.8) is 0 Å². The van der Waals surface area contributed by atoms with Crippen LogP contribution in [0.3, 0.4) is 0 Å². The predicted octanol–water partition coefficient (Wildman–Crippen LogP) is 1.01. The van der Waals surface area contributed by atoms with Crippen LogP contribution in [0.25, 0.3) is 0 Å². The molecule has 2 aliphatic heterocycles. The largest absolute Gasteiger partial charge is 0.447 e. The maximum absolute atomic E-state index is 11.8. The van der Waals surface area contributed by atoms with Gasteiger partial charge in [-0.15, -0.1) is 0 Å². The summed E-state index contributed by atoms with van der Waals surface area (Å²) in [5, 5.41) is 4.33. The van der Waals surface area contributed by atoms with Crippen molar-refractivity contribution in [2.75, 3.05) is 26.2 Å². The van der Waals surface area contributed by atoms with Crippen LogP contribution in [0.1, 0.15) is 39.5 Å². The number of nitrogens with zero attached hydrogens (tertiary/aromatic N) is 3. The van der Waals surface area contributed by atoms with Crippen molar-refractivity contribution < 1.29 is 14.4 Å². The van der Waals surface area contributed by atoms with Crippen LogP contribution in [0.4, 0.5) is 4.79 Å². The number of carbonyl (C=O) groups is 1. The second-order valence-corrected chi connectivity index (χ2v) is 7.45. The van der Waals surface area contributed by atoms with Crippen molar-refractivity contribution in [1.82, 2.24) is 8.78 Å². The third-order valence-corrected chi connectivity index (χ3v) is 4.83. The summed E-state index contributed by atoms with van der Waals surface area (Å²) in [6.07, 6.45) is 3.58. The maximum atomic E-state index is 11.8. The summed E-state index contributed by atoms with van der Waals surface area (Å²) in [7, 11) is 0. The Labute approximate surface area is 135 Å². The van der Waals surface area contributed by atoms with Crippen molar-refractivity contribution in [1.29, 1.82) is 0 Å². The normalized spacial score (nSPS) is 21.5. The van der Waals surface area contributed by atoms with Gasteiger partial charge in [-0.25, -0.2) is 4.79 Å². The molecule has 7 heteroatoms. The van der Waals surface area contributed by atoms with E-state index < -0.39 is 0 Å². The summed E-state index contributed by atoms with van der Waals surface area (Å²) in [5.41, 5.74) is 1.18. The molecule has 6 nitrogen and oxygen atoms in total. The highest BCUT2D eigenvalue weighted by Crippen LogP contribution is 2.16. The highest BCUT2D eigenvalue weighted by molar-refractivity contribution is 6.05. The Morgan fingerprint density at radius 1 is 1.24 bits per heavy atom. The van der Waals surface area contributed by atoms with E-state index in [-0.39, 0.29) is 18.3 Å². The van der Waals surface area contributed by atoms with Crippen LogP contribution >= 0.6 is 0 Å². The zero-order valence-corrected chi connectivity index (χ0v) is 15.4. The van der Waals surface area contributed by atoms with E-state index in [1.165, 1.54) is 5.71 Å². The van der Waals surface area contributed by atoms with Gasteiger partial charge in [-0.05, 0) is 39.8 Å². The third kappa shape index (κ3) is 5.50. The second-order valence-electron chi connectivity index (χ2n) is 6.19. The molecule has 0 bridgehead atoms. The first-order valence-corrected chi connectivity index (χ1v) is 8.79. The Bertz CT molecular complexity index is 372. The Morgan fingerprint density at radius 3 is 2.43 bits per heavy atom. The number of likely N-dealkylation sites (tertiary alicyclic amines) is 1. The Hall–Kier alpha value is -0.768. The zero-order chi connectivity index (χ0) is 15.2. The number of rotatable bonds is 3. The minimum atomic E-state index is -0.214. The highest BCUT2D eigenvalue weighted by Gasteiger charge is 2.25. The number of carbonyl (C=O) groups excluding carboxylic acids is 1. The lowest BCUT2D eigenvalue weighted by atomic mass is 10.1. The van der Waals surface area contributed by atoms with Gasteiger partial charge in [-0.1, -0.05) is 5.16 Å². The van der Waals surface area contributed by atoms with Gasteiger partial charge < -0.3 is 18.4 Å². The van der Waals surface area contributed by atoms with Gasteiger partial charge in [0.2, 0.25) is 0 Å². The lowest BCUT2D eigenvalue weighted by Gasteiger charge is -2.31. The first-order valence-electron chi connectivity index (χ1n) is 7.90. The fourth-order valence-electron chi connectivity index (χ4n) is 2.54. The summed E-state index contributed by atoms with van der Waals surface area (Å²) in [6.45, 7) is 7.36. The van der Waals surface area contributed by atoms with Gasteiger partial charge >= 0.3 is 22.6 Å². The Morgan fingerprint density at radius 2 is 1.86 bits per heavy atom. The average Bonchev–Trinajstić information content (AvgIpc) is 2.46. The van der Waals surface area contributed by atoms with Gasteiger partial charge in [-0.2, -0.15) is 0 Å². The number of hydrogen-bond acceptors (Lipinski definition) is 5. The van der Waals surface area contributed by atoms with Gasteiger partial charge in [0.1, 0.15) is 6.10 Å². The summed E-state index contributed by atoms with van der Waals surface area (Å²) >= 11 is 1.14. The lowest BCUT2D eigenvalue weighted by Crippen LogP contribution is -2.41. The van der Waals surface area contributed by atoms with E-state index in [1.54, 1.807) is 4.90 Å².